The number of nitrogen functional groups attached to an aromatic ring is 1. The molecule has 0 saturated heterocycles. The molecule has 1 aromatic heterocycles. The fraction of sp³-hybridized carbons (Fsp3) is 0.125. The number of nitrogens with zero attached hydrogens (tertiary/aromatic N) is 2. The molecule has 106 valence electrons. The lowest BCUT2D eigenvalue weighted by molar-refractivity contribution is 0.899. The summed E-state index contributed by atoms with van der Waals surface area (Å²) in [6, 6.07) is 12.0. The Labute approximate surface area is 127 Å². The highest BCUT2D eigenvalue weighted by Crippen LogP contribution is 2.29. The number of hydrogen-bond acceptors (Lipinski definition) is 4. The van der Waals surface area contributed by atoms with Crippen LogP contribution in [0.4, 0.5) is 5.69 Å². The Morgan fingerprint density at radius 1 is 1.24 bits per heavy atom. The van der Waals surface area contributed by atoms with Crippen LogP contribution in [0.1, 0.15) is 11.3 Å². The molecule has 1 heterocycles. The molecule has 3 aromatic rings. The highest BCUT2D eigenvalue weighted by Gasteiger charge is 2.11. The van der Waals surface area contributed by atoms with Gasteiger partial charge in [0.25, 0.3) is 0 Å². The Balaban J connectivity index is 2.07. The van der Waals surface area contributed by atoms with Gasteiger partial charge in [-0.25, -0.2) is 4.98 Å². The predicted octanol–water partition coefficient (Wildman–Crippen LogP) is 3.22. The molecule has 0 unspecified atom stereocenters. The first kappa shape index (κ1) is 13.6. The summed E-state index contributed by atoms with van der Waals surface area (Å²) < 4.78 is 0. The van der Waals surface area contributed by atoms with Gasteiger partial charge in [-0.15, -0.1) is 11.3 Å². The Hall–Kier alpha value is -2.40. The van der Waals surface area contributed by atoms with Crippen LogP contribution in [0.25, 0.3) is 10.8 Å². The number of rotatable bonds is 4. The van der Waals surface area contributed by atoms with Crippen LogP contribution < -0.4 is 10.6 Å². The van der Waals surface area contributed by atoms with Gasteiger partial charge in [-0.3, -0.25) is 5.41 Å². The van der Waals surface area contributed by atoms with Crippen molar-refractivity contribution in [2.24, 2.45) is 5.73 Å². The van der Waals surface area contributed by atoms with E-state index in [1.165, 1.54) is 0 Å². The molecule has 2 aromatic carbocycles. The lowest BCUT2D eigenvalue weighted by Gasteiger charge is -2.21. The van der Waals surface area contributed by atoms with Crippen molar-refractivity contribution < 1.29 is 0 Å². The van der Waals surface area contributed by atoms with E-state index in [1.54, 1.807) is 11.3 Å². The molecule has 3 rings (SSSR count). The summed E-state index contributed by atoms with van der Waals surface area (Å²) in [5.41, 5.74) is 10.5. The summed E-state index contributed by atoms with van der Waals surface area (Å²) in [7, 11) is 2.05. The molecule has 0 fully saturated rings. The minimum absolute atomic E-state index is 0.0971. The molecular formula is C16H16N4S. The number of nitrogens with two attached hydrogens (primary N) is 1. The molecule has 5 heteroatoms. The third kappa shape index (κ3) is 2.60. The van der Waals surface area contributed by atoms with Gasteiger partial charge < -0.3 is 10.6 Å². The Kier molecular flexibility index (Phi) is 3.58. The van der Waals surface area contributed by atoms with Gasteiger partial charge in [-0.05, 0) is 17.5 Å². The number of amidine groups is 1. The van der Waals surface area contributed by atoms with Crippen LogP contribution in [0.15, 0.2) is 47.3 Å². The summed E-state index contributed by atoms with van der Waals surface area (Å²) in [4.78, 5) is 6.50. The summed E-state index contributed by atoms with van der Waals surface area (Å²) in [6.07, 6.45) is 0. The van der Waals surface area contributed by atoms with Gasteiger partial charge in [0.1, 0.15) is 5.84 Å². The Bertz CT molecular complexity index is 780. The van der Waals surface area contributed by atoms with Gasteiger partial charge in [0.15, 0.2) is 0 Å². The van der Waals surface area contributed by atoms with Gasteiger partial charge in [0, 0.05) is 29.1 Å². The van der Waals surface area contributed by atoms with E-state index in [4.69, 9.17) is 11.1 Å². The maximum atomic E-state index is 7.71. The minimum atomic E-state index is 0.0971. The molecular weight excluding hydrogens is 280 g/mol. The first-order valence-electron chi connectivity index (χ1n) is 6.61. The average molecular weight is 296 g/mol. The van der Waals surface area contributed by atoms with Crippen LogP contribution in [0.3, 0.4) is 0 Å². The quantitative estimate of drug-likeness (QED) is 0.574. The zero-order chi connectivity index (χ0) is 14.8. The number of anilines is 1. The van der Waals surface area contributed by atoms with E-state index in [-0.39, 0.29) is 5.84 Å². The molecule has 0 atom stereocenters. The second-order valence-electron chi connectivity index (χ2n) is 4.93. The summed E-state index contributed by atoms with van der Waals surface area (Å²) >= 11 is 1.60. The Morgan fingerprint density at radius 3 is 2.67 bits per heavy atom. The van der Waals surface area contributed by atoms with Crippen molar-refractivity contribution >= 4 is 33.6 Å². The van der Waals surface area contributed by atoms with Crippen molar-refractivity contribution in [1.29, 1.82) is 5.41 Å². The topological polar surface area (TPSA) is 66.0 Å². The van der Waals surface area contributed by atoms with Gasteiger partial charge in [0.05, 0.1) is 17.7 Å². The fourth-order valence-corrected chi connectivity index (χ4v) is 3.04. The molecule has 4 nitrogen and oxygen atoms in total. The molecule has 0 saturated carbocycles. The minimum Gasteiger partial charge on any atom is -0.384 e. The number of aromatic nitrogens is 1. The van der Waals surface area contributed by atoms with E-state index >= 15 is 0 Å². The van der Waals surface area contributed by atoms with Crippen LogP contribution in [-0.4, -0.2) is 17.9 Å². The van der Waals surface area contributed by atoms with Gasteiger partial charge in [-0.1, -0.05) is 24.3 Å². The van der Waals surface area contributed by atoms with Crippen LogP contribution >= 0.6 is 11.3 Å². The molecule has 0 aliphatic heterocycles. The van der Waals surface area contributed by atoms with Crippen LogP contribution in [0, 0.1) is 5.41 Å². The molecule has 0 amide bonds. The maximum Gasteiger partial charge on any atom is 0.123 e. The predicted molar refractivity (Wildman–Crippen MR) is 89.2 cm³/mol. The summed E-state index contributed by atoms with van der Waals surface area (Å²) in [5.74, 6) is 0.0971. The van der Waals surface area contributed by atoms with E-state index in [1.807, 2.05) is 35.8 Å². The van der Waals surface area contributed by atoms with E-state index in [0.29, 0.717) is 0 Å². The van der Waals surface area contributed by atoms with Crippen molar-refractivity contribution in [1.82, 2.24) is 4.98 Å². The lowest BCUT2D eigenvalue weighted by atomic mass is 10.0. The van der Waals surface area contributed by atoms with E-state index in [2.05, 4.69) is 28.4 Å². The molecule has 0 aliphatic carbocycles. The van der Waals surface area contributed by atoms with Crippen LogP contribution in [0.5, 0.6) is 0 Å². The van der Waals surface area contributed by atoms with Crippen LogP contribution in [-0.2, 0) is 6.54 Å². The second-order valence-corrected chi connectivity index (χ2v) is 5.65. The van der Waals surface area contributed by atoms with E-state index in [0.717, 1.165) is 34.3 Å². The number of fused-ring (bicyclic) bond motifs is 1. The Morgan fingerprint density at radius 2 is 2.00 bits per heavy atom. The van der Waals surface area contributed by atoms with Crippen molar-refractivity contribution in [3.63, 3.8) is 0 Å². The first-order chi connectivity index (χ1) is 10.2. The molecule has 0 aliphatic rings. The maximum absolute atomic E-state index is 7.71. The molecule has 0 radical (unpaired) electrons. The third-order valence-electron chi connectivity index (χ3n) is 3.49. The normalized spacial score (nSPS) is 10.7. The molecule has 0 spiro atoms. The smallest absolute Gasteiger partial charge is 0.123 e. The standard InChI is InChI=1S/C16H16N4S/c1-20(8-11-9-21-10-19-11)15-7-6-14(16(17)18)12-4-2-3-5-13(12)15/h2-7,9-10H,8H2,1H3,(H3,17,18). The van der Waals surface area contributed by atoms with Crippen molar-refractivity contribution in [2.75, 3.05) is 11.9 Å². The largest absolute Gasteiger partial charge is 0.384 e. The van der Waals surface area contributed by atoms with E-state index < -0.39 is 0 Å². The monoisotopic (exact) mass is 296 g/mol. The van der Waals surface area contributed by atoms with Gasteiger partial charge >= 0.3 is 0 Å². The van der Waals surface area contributed by atoms with Crippen LogP contribution in [0.2, 0.25) is 0 Å². The van der Waals surface area contributed by atoms with Crippen molar-refractivity contribution in [2.45, 2.75) is 6.54 Å². The van der Waals surface area contributed by atoms with Gasteiger partial charge in [-0.2, -0.15) is 0 Å². The van der Waals surface area contributed by atoms with Crippen molar-refractivity contribution in [3.05, 3.63) is 58.5 Å². The van der Waals surface area contributed by atoms with Gasteiger partial charge in [0.2, 0.25) is 0 Å². The number of benzene rings is 2. The SMILES string of the molecule is CN(Cc1cscn1)c1ccc(C(=N)N)c2ccccc12. The molecule has 3 N–H and O–H groups in total. The third-order valence-corrected chi connectivity index (χ3v) is 4.12. The zero-order valence-electron chi connectivity index (χ0n) is 11.7. The summed E-state index contributed by atoms with van der Waals surface area (Å²) in [6.45, 7) is 0.757. The first-order valence-corrected chi connectivity index (χ1v) is 7.55. The fourth-order valence-electron chi connectivity index (χ4n) is 2.49. The second kappa shape index (κ2) is 5.54. The lowest BCUT2D eigenvalue weighted by Crippen LogP contribution is -2.18. The number of hydrogen-bond donors (Lipinski definition) is 2. The molecule has 0 bridgehead atoms. The molecule has 21 heavy (non-hydrogen) atoms. The zero-order valence-corrected chi connectivity index (χ0v) is 12.5. The summed E-state index contributed by atoms with van der Waals surface area (Å²) in [5, 5.41) is 11.9. The number of nitrogens with one attached hydrogen (secondary N) is 1. The van der Waals surface area contributed by atoms with E-state index in [9.17, 15) is 0 Å². The highest BCUT2D eigenvalue weighted by atomic mass is 32.1. The number of thiazole rings is 1. The average Bonchev–Trinajstić information content (AvgIpc) is 2.98. The van der Waals surface area contributed by atoms with Crippen molar-refractivity contribution in [3.8, 4) is 0 Å². The highest BCUT2D eigenvalue weighted by molar-refractivity contribution is 7.07.